The molecule has 0 saturated carbocycles. The zero-order valence-corrected chi connectivity index (χ0v) is 17.4. The maximum absolute atomic E-state index is 13.0. The Morgan fingerprint density at radius 3 is 2.27 bits per heavy atom. The van der Waals surface area contributed by atoms with E-state index < -0.39 is 11.7 Å². The van der Waals surface area contributed by atoms with Crippen molar-refractivity contribution in [3.8, 4) is 22.9 Å². The quantitative estimate of drug-likeness (QED) is 0.377. The number of hydrogen-bond acceptors (Lipinski definition) is 4. The molecular formula is C25H18F3N3O2. The summed E-state index contributed by atoms with van der Waals surface area (Å²) in [5, 5.41) is 2.86. The second-order valence-corrected chi connectivity index (χ2v) is 7.18. The van der Waals surface area contributed by atoms with Gasteiger partial charge in [0.1, 0.15) is 5.75 Å². The van der Waals surface area contributed by atoms with Crippen LogP contribution in [0.3, 0.4) is 0 Å². The first-order chi connectivity index (χ1) is 15.8. The SMILES string of the molecule is Cc1cc(Oc2ncccn2)ccc1NC(=O)c1ccccc1-c1ccc(C(F)(F)F)cc1. The van der Waals surface area contributed by atoms with Crippen molar-refractivity contribution in [1.29, 1.82) is 0 Å². The Morgan fingerprint density at radius 1 is 0.909 bits per heavy atom. The fourth-order valence-corrected chi connectivity index (χ4v) is 3.24. The summed E-state index contributed by atoms with van der Waals surface area (Å²) in [6.45, 7) is 1.82. The average molecular weight is 449 g/mol. The number of aromatic nitrogens is 2. The van der Waals surface area contributed by atoms with Crippen LogP contribution in [0.2, 0.25) is 0 Å². The minimum Gasteiger partial charge on any atom is -0.424 e. The van der Waals surface area contributed by atoms with Crippen LogP contribution in [0.5, 0.6) is 11.8 Å². The molecule has 4 aromatic rings. The fourth-order valence-electron chi connectivity index (χ4n) is 3.24. The number of alkyl halides is 3. The first kappa shape index (κ1) is 22.0. The van der Waals surface area contributed by atoms with Crippen LogP contribution in [-0.4, -0.2) is 15.9 Å². The van der Waals surface area contributed by atoms with Crippen molar-refractivity contribution in [3.63, 3.8) is 0 Å². The number of hydrogen-bond donors (Lipinski definition) is 1. The predicted molar refractivity (Wildman–Crippen MR) is 118 cm³/mol. The molecule has 5 nitrogen and oxygen atoms in total. The van der Waals surface area contributed by atoms with Crippen molar-refractivity contribution in [2.75, 3.05) is 5.32 Å². The number of rotatable bonds is 5. The number of aryl methyl sites for hydroxylation is 1. The zero-order chi connectivity index (χ0) is 23.4. The van der Waals surface area contributed by atoms with E-state index in [2.05, 4.69) is 15.3 Å². The van der Waals surface area contributed by atoms with Gasteiger partial charge in [-0.1, -0.05) is 30.3 Å². The van der Waals surface area contributed by atoms with Crippen LogP contribution in [0, 0.1) is 6.92 Å². The molecule has 166 valence electrons. The van der Waals surface area contributed by atoms with Gasteiger partial charge in [-0.05, 0) is 66.1 Å². The van der Waals surface area contributed by atoms with Crippen molar-refractivity contribution >= 4 is 11.6 Å². The van der Waals surface area contributed by atoms with Gasteiger partial charge in [-0.15, -0.1) is 0 Å². The summed E-state index contributed by atoms with van der Waals surface area (Å²) in [4.78, 5) is 21.0. The standard InChI is InChI=1S/C25H18F3N3O2/c1-16-15-19(33-24-29-13-4-14-30-24)11-12-22(16)31-23(32)21-6-3-2-5-20(21)17-7-9-18(10-8-17)25(26,27)28/h2-15H,1H3,(H,31,32). The molecule has 8 heteroatoms. The number of amides is 1. The topological polar surface area (TPSA) is 64.1 Å². The Hall–Kier alpha value is -4.20. The number of nitrogens with one attached hydrogen (secondary N) is 1. The van der Waals surface area contributed by atoms with E-state index in [4.69, 9.17) is 4.74 Å². The molecule has 0 aliphatic rings. The molecule has 4 rings (SSSR count). The van der Waals surface area contributed by atoms with Crippen LogP contribution in [-0.2, 0) is 6.18 Å². The number of anilines is 1. The van der Waals surface area contributed by atoms with Crippen molar-refractivity contribution in [1.82, 2.24) is 9.97 Å². The molecule has 0 unspecified atom stereocenters. The van der Waals surface area contributed by atoms with E-state index >= 15 is 0 Å². The molecule has 0 bridgehead atoms. The number of benzene rings is 3. The molecule has 0 atom stereocenters. The summed E-state index contributed by atoms with van der Waals surface area (Å²) < 4.78 is 44.2. The second-order valence-electron chi connectivity index (χ2n) is 7.18. The van der Waals surface area contributed by atoms with E-state index in [9.17, 15) is 18.0 Å². The number of ether oxygens (including phenoxy) is 1. The van der Waals surface area contributed by atoms with Crippen molar-refractivity contribution in [2.45, 2.75) is 13.1 Å². The smallest absolute Gasteiger partial charge is 0.416 e. The molecule has 3 aromatic carbocycles. The fraction of sp³-hybridized carbons (Fsp3) is 0.0800. The Labute approximate surface area is 187 Å². The van der Waals surface area contributed by atoms with Gasteiger partial charge in [-0.25, -0.2) is 9.97 Å². The molecule has 0 fully saturated rings. The van der Waals surface area contributed by atoms with Crippen molar-refractivity contribution in [2.24, 2.45) is 0 Å². The lowest BCUT2D eigenvalue weighted by atomic mass is 9.98. The van der Waals surface area contributed by atoms with Gasteiger partial charge in [-0.2, -0.15) is 13.2 Å². The number of halogens is 3. The minimum absolute atomic E-state index is 0.208. The van der Waals surface area contributed by atoms with Gasteiger partial charge >= 0.3 is 12.2 Å². The minimum atomic E-state index is -4.42. The lowest BCUT2D eigenvalue weighted by Crippen LogP contribution is -2.14. The highest BCUT2D eigenvalue weighted by Crippen LogP contribution is 2.32. The molecule has 0 aliphatic heterocycles. The highest BCUT2D eigenvalue weighted by Gasteiger charge is 2.30. The summed E-state index contributed by atoms with van der Waals surface area (Å²) in [6.07, 6.45) is -1.29. The van der Waals surface area contributed by atoms with Gasteiger partial charge in [0, 0.05) is 23.6 Å². The third kappa shape index (κ3) is 5.17. The van der Waals surface area contributed by atoms with Gasteiger partial charge in [0.25, 0.3) is 5.91 Å². The summed E-state index contributed by atoms with van der Waals surface area (Å²) in [6, 6.07) is 18.5. The van der Waals surface area contributed by atoms with E-state index in [1.807, 2.05) is 6.92 Å². The van der Waals surface area contributed by atoms with Gasteiger partial charge < -0.3 is 10.1 Å². The Balaban J connectivity index is 1.55. The number of carbonyl (C=O) groups is 1. The van der Waals surface area contributed by atoms with Crippen LogP contribution in [0.4, 0.5) is 18.9 Å². The zero-order valence-electron chi connectivity index (χ0n) is 17.4. The molecule has 1 N–H and O–H groups in total. The number of carbonyl (C=O) groups excluding carboxylic acids is 1. The van der Waals surface area contributed by atoms with E-state index in [0.717, 1.165) is 17.7 Å². The lowest BCUT2D eigenvalue weighted by Gasteiger charge is -2.14. The molecule has 1 amide bonds. The summed E-state index contributed by atoms with van der Waals surface area (Å²) in [5.74, 6) is 0.135. The van der Waals surface area contributed by atoms with Gasteiger partial charge in [-0.3, -0.25) is 4.79 Å². The largest absolute Gasteiger partial charge is 0.424 e. The summed E-state index contributed by atoms with van der Waals surface area (Å²) >= 11 is 0. The average Bonchev–Trinajstić information content (AvgIpc) is 2.81. The van der Waals surface area contributed by atoms with Crippen molar-refractivity contribution in [3.05, 3.63) is 102 Å². The molecule has 33 heavy (non-hydrogen) atoms. The van der Waals surface area contributed by atoms with Crippen molar-refractivity contribution < 1.29 is 22.7 Å². The van der Waals surface area contributed by atoms with E-state index in [1.54, 1.807) is 60.9 Å². The maximum Gasteiger partial charge on any atom is 0.416 e. The monoisotopic (exact) mass is 449 g/mol. The Kier molecular flexibility index (Phi) is 6.08. The molecule has 0 spiro atoms. The van der Waals surface area contributed by atoms with Gasteiger partial charge in [0.05, 0.1) is 5.56 Å². The highest BCUT2D eigenvalue weighted by atomic mass is 19.4. The van der Waals surface area contributed by atoms with Crippen LogP contribution in [0.25, 0.3) is 11.1 Å². The normalized spacial score (nSPS) is 11.2. The molecule has 0 aliphatic carbocycles. The highest BCUT2D eigenvalue weighted by molar-refractivity contribution is 6.09. The lowest BCUT2D eigenvalue weighted by molar-refractivity contribution is -0.137. The molecule has 1 aromatic heterocycles. The van der Waals surface area contributed by atoms with Gasteiger partial charge in [0.2, 0.25) is 0 Å². The predicted octanol–water partition coefficient (Wildman–Crippen LogP) is 6.52. The van der Waals surface area contributed by atoms with E-state index in [0.29, 0.717) is 28.1 Å². The molecule has 1 heterocycles. The first-order valence-electron chi connectivity index (χ1n) is 9.95. The first-order valence-corrected chi connectivity index (χ1v) is 9.95. The second kappa shape index (κ2) is 9.12. The summed E-state index contributed by atoms with van der Waals surface area (Å²) in [5.41, 5.74) is 1.97. The molecule has 0 saturated heterocycles. The van der Waals surface area contributed by atoms with Crippen LogP contribution in [0.15, 0.2) is 85.2 Å². The van der Waals surface area contributed by atoms with Crippen LogP contribution in [0.1, 0.15) is 21.5 Å². The van der Waals surface area contributed by atoms with E-state index in [-0.39, 0.29) is 11.9 Å². The molecular weight excluding hydrogens is 431 g/mol. The third-order valence-corrected chi connectivity index (χ3v) is 4.89. The summed E-state index contributed by atoms with van der Waals surface area (Å²) in [7, 11) is 0. The maximum atomic E-state index is 13.0. The van der Waals surface area contributed by atoms with E-state index in [1.165, 1.54) is 12.1 Å². The van der Waals surface area contributed by atoms with Crippen LogP contribution >= 0.6 is 0 Å². The Bertz CT molecular complexity index is 1270. The molecule has 0 radical (unpaired) electrons. The van der Waals surface area contributed by atoms with Crippen LogP contribution < -0.4 is 10.1 Å². The van der Waals surface area contributed by atoms with Gasteiger partial charge in [0.15, 0.2) is 0 Å². The third-order valence-electron chi connectivity index (χ3n) is 4.89. The Morgan fingerprint density at radius 2 is 1.61 bits per heavy atom. The number of nitrogens with zero attached hydrogens (tertiary/aromatic N) is 2.